The van der Waals surface area contributed by atoms with E-state index in [-0.39, 0.29) is 0 Å². The number of hydrogen-bond donors (Lipinski definition) is 1. The van der Waals surface area contributed by atoms with Crippen LogP contribution in [0.15, 0.2) is 36.5 Å². The van der Waals surface area contributed by atoms with E-state index in [2.05, 4.69) is 24.1 Å². The molecular weight excluding hydrogens is 284 g/mol. The summed E-state index contributed by atoms with van der Waals surface area (Å²) in [4.78, 5) is 4.20. The van der Waals surface area contributed by atoms with Crippen LogP contribution in [-0.2, 0) is 6.54 Å². The molecule has 4 heteroatoms. The van der Waals surface area contributed by atoms with Crippen molar-refractivity contribution in [2.75, 3.05) is 6.54 Å². The van der Waals surface area contributed by atoms with Gasteiger partial charge in [-0.15, -0.1) is 0 Å². The molecule has 0 amide bonds. The average molecular weight is 305 g/mol. The SMILES string of the molecule is Cc1ncccc1Oc1ccc(CNCC(C)C)cc1Cl. The molecule has 112 valence electrons. The van der Waals surface area contributed by atoms with Crippen LogP contribution >= 0.6 is 11.6 Å². The molecule has 1 heterocycles. The van der Waals surface area contributed by atoms with Crippen molar-refractivity contribution in [3.8, 4) is 11.5 Å². The fraction of sp³-hybridized carbons (Fsp3) is 0.353. The first kappa shape index (κ1) is 15.8. The second-order valence-electron chi connectivity index (χ2n) is 5.48. The molecule has 0 aliphatic heterocycles. The molecule has 0 saturated carbocycles. The van der Waals surface area contributed by atoms with Gasteiger partial charge in [-0.25, -0.2) is 0 Å². The predicted octanol–water partition coefficient (Wildman–Crippen LogP) is 4.58. The molecule has 0 unspecified atom stereocenters. The third-order valence-corrected chi connectivity index (χ3v) is 3.35. The molecule has 1 aromatic heterocycles. The van der Waals surface area contributed by atoms with E-state index in [1.54, 1.807) is 6.20 Å². The van der Waals surface area contributed by atoms with Gasteiger partial charge in [-0.1, -0.05) is 31.5 Å². The Labute approximate surface area is 131 Å². The van der Waals surface area contributed by atoms with E-state index in [0.717, 1.165) is 30.1 Å². The van der Waals surface area contributed by atoms with Gasteiger partial charge in [-0.05, 0) is 49.2 Å². The molecule has 1 N–H and O–H groups in total. The summed E-state index contributed by atoms with van der Waals surface area (Å²) in [5.41, 5.74) is 1.99. The quantitative estimate of drug-likeness (QED) is 0.848. The Bertz CT molecular complexity index is 599. The van der Waals surface area contributed by atoms with Gasteiger partial charge in [0.25, 0.3) is 0 Å². The molecule has 0 spiro atoms. The lowest BCUT2D eigenvalue weighted by atomic mass is 10.2. The van der Waals surface area contributed by atoms with E-state index in [9.17, 15) is 0 Å². The number of hydrogen-bond acceptors (Lipinski definition) is 3. The van der Waals surface area contributed by atoms with Crippen LogP contribution in [0.5, 0.6) is 11.5 Å². The van der Waals surface area contributed by atoms with Crippen molar-refractivity contribution in [3.63, 3.8) is 0 Å². The van der Waals surface area contributed by atoms with Crippen LogP contribution in [0.3, 0.4) is 0 Å². The molecule has 21 heavy (non-hydrogen) atoms. The maximum Gasteiger partial charge on any atom is 0.148 e. The van der Waals surface area contributed by atoms with Crippen molar-refractivity contribution in [3.05, 3.63) is 52.8 Å². The van der Waals surface area contributed by atoms with Crippen molar-refractivity contribution in [2.24, 2.45) is 5.92 Å². The minimum absolute atomic E-state index is 0.613. The van der Waals surface area contributed by atoms with Crippen LogP contribution in [0, 0.1) is 12.8 Å². The van der Waals surface area contributed by atoms with Gasteiger partial charge >= 0.3 is 0 Å². The van der Waals surface area contributed by atoms with Crippen LogP contribution < -0.4 is 10.1 Å². The third kappa shape index (κ3) is 4.73. The monoisotopic (exact) mass is 304 g/mol. The fourth-order valence-electron chi connectivity index (χ4n) is 1.94. The zero-order valence-electron chi connectivity index (χ0n) is 12.7. The predicted molar refractivity (Wildman–Crippen MR) is 87.0 cm³/mol. The Morgan fingerprint density at radius 2 is 2.05 bits per heavy atom. The first-order valence-corrected chi connectivity index (χ1v) is 7.52. The zero-order valence-corrected chi connectivity index (χ0v) is 13.4. The summed E-state index contributed by atoms with van der Waals surface area (Å²) >= 11 is 6.30. The second-order valence-corrected chi connectivity index (χ2v) is 5.89. The van der Waals surface area contributed by atoms with Gasteiger partial charge in [-0.3, -0.25) is 4.98 Å². The highest BCUT2D eigenvalue weighted by atomic mass is 35.5. The Hall–Kier alpha value is -1.58. The van der Waals surface area contributed by atoms with E-state index in [1.165, 1.54) is 0 Å². The van der Waals surface area contributed by atoms with E-state index in [4.69, 9.17) is 16.3 Å². The fourth-order valence-corrected chi connectivity index (χ4v) is 2.18. The smallest absolute Gasteiger partial charge is 0.148 e. The topological polar surface area (TPSA) is 34.1 Å². The second kappa shape index (κ2) is 7.43. The molecule has 0 saturated heterocycles. The van der Waals surface area contributed by atoms with Crippen molar-refractivity contribution in [1.29, 1.82) is 0 Å². The highest BCUT2D eigenvalue weighted by Crippen LogP contribution is 2.31. The lowest BCUT2D eigenvalue weighted by Crippen LogP contribution is -2.18. The summed E-state index contributed by atoms with van der Waals surface area (Å²) in [7, 11) is 0. The summed E-state index contributed by atoms with van der Waals surface area (Å²) in [6, 6.07) is 9.61. The number of rotatable bonds is 6. The maximum atomic E-state index is 6.30. The van der Waals surface area contributed by atoms with Crippen LogP contribution in [-0.4, -0.2) is 11.5 Å². The Morgan fingerprint density at radius 1 is 1.24 bits per heavy atom. The van der Waals surface area contributed by atoms with Crippen LogP contribution in [0.1, 0.15) is 25.1 Å². The number of ether oxygens (including phenoxy) is 1. The Balaban J connectivity index is 2.04. The van der Waals surface area contributed by atoms with Crippen molar-refractivity contribution in [2.45, 2.75) is 27.3 Å². The molecule has 2 rings (SSSR count). The molecule has 2 aromatic rings. The van der Waals surface area contributed by atoms with Crippen LogP contribution in [0.4, 0.5) is 0 Å². The molecule has 1 aromatic carbocycles. The normalized spacial score (nSPS) is 10.9. The molecule has 0 bridgehead atoms. The number of nitrogens with one attached hydrogen (secondary N) is 1. The van der Waals surface area contributed by atoms with E-state index in [1.807, 2.05) is 37.3 Å². The number of halogens is 1. The first-order valence-electron chi connectivity index (χ1n) is 7.15. The van der Waals surface area contributed by atoms with Crippen molar-refractivity contribution < 1.29 is 4.74 Å². The van der Waals surface area contributed by atoms with Crippen molar-refractivity contribution in [1.82, 2.24) is 10.3 Å². The minimum atomic E-state index is 0.613. The van der Waals surface area contributed by atoms with Crippen LogP contribution in [0.2, 0.25) is 5.02 Å². The largest absolute Gasteiger partial charge is 0.454 e. The summed E-state index contributed by atoms with van der Waals surface area (Å²) in [6.07, 6.45) is 1.74. The lowest BCUT2D eigenvalue weighted by Gasteiger charge is -2.11. The van der Waals surface area contributed by atoms with Gasteiger partial charge in [0.2, 0.25) is 0 Å². The average Bonchev–Trinajstić information content (AvgIpc) is 2.43. The summed E-state index contributed by atoms with van der Waals surface area (Å²) < 4.78 is 5.82. The molecule has 0 atom stereocenters. The van der Waals surface area contributed by atoms with Gasteiger partial charge in [0.15, 0.2) is 0 Å². The first-order chi connectivity index (χ1) is 10.1. The van der Waals surface area contributed by atoms with Gasteiger partial charge in [0.05, 0.1) is 10.7 Å². The lowest BCUT2D eigenvalue weighted by molar-refractivity contribution is 0.475. The third-order valence-electron chi connectivity index (χ3n) is 3.06. The van der Waals surface area contributed by atoms with Crippen molar-refractivity contribution >= 4 is 11.6 Å². The standard InChI is InChI=1S/C17H21ClN2O/c1-12(2)10-19-11-14-6-7-17(15(18)9-14)21-16-5-4-8-20-13(16)3/h4-9,12,19H,10-11H2,1-3H3. The minimum Gasteiger partial charge on any atom is -0.454 e. The molecular formula is C17H21ClN2O. The Kier molecular flexibility index (Phi) is 5.59. The molecule has 0 fully saturated rings. The number of nitrogens with zero attached hydrogens (tertiary/aromatic N) is 1. The van der Waals surface area contributed by atoms with Gasteiger partial charge in [0.1, 0.15) is 11.5 Å². The summed E-state index contributed by atoms with van der Waals surface area (Å²) in [5, 5.41) is 4.01. The highest BCUT2D eigenvalue weighted by molar-refractivity contribution is 6.32. The number of pyridine rings is 1. The van der Waals surface area contributed by atoms with Gasteiger partial charge in [0, 0.05) is 12.7 Å². The molecule has 0 aliphatic carbocycles. The molecule has 0 aliphatic rings. The van der Waals surface area contributed by atoms with E-state index in [0.29, 0.717) is 16.7 Å². The Morgan fingerprint density at radius 3 is 2.71 bits per heavy atom. The van der Waals surface area contributed by atoms with E-state index >= 15 is 0 Å². The molecule has 3 nitrogen and oxygen atoms in total. The number of aryl methyl sites for hydroxylation is 1. The maximum absolute atomic E-state index is 6.30. The molecule has 0 radical (unpaired) electrons. The highest BCUT2D eigenvalue weighted by Gasteiger charge is 2.07. The number of aromatic nitrogens is 1. The van der Waals surface area contributed by atoms with E-state index < -0.39 is 0 Å². The summed E-state index contributed by atoms with van der Waals surface area (Å²) in [5.74, 6) is 2.02. The summed E-state index contributed by atoms with van der Waals surface area (Å²) in [6.45, 7) is 8.09. The van der Waals surface area contributed by atoms with Gasteiger partial charge in [-0.2, -0.15) is 0 Å². The number of benzene rings is 1. The van der Waals surface area contributed by atoms with Crippen LogP contribution in [0.25, 0.3) is 0 Å². The zero-order chi connectivity index (χ0) is 15.2. The van der Waals surface area contributed by atoms with Gasteiger partial charge < -0.3 is 10.1 Å².